The highest BCUT2D eigenvalue weighted by Crippen LogP contribution is 2.48. The summed E-state index contributed by atoms with van der Waals surface area (Å²) in [5.41, 5.74) is -1.34. The van der Waals surface area contributed by atoms with Gasteiger partial charge in [0.25, 0.3) is 0 Å². The Balaban J connectivity index is 2.19. The van der Waals surface area contributed by atoms with Crippen LogP contribution < -0.4 is 9.47 Å². The Morgan fingerprint density at radius 1 is 0.968 bits per heavy atom. The first-order chi connectivity index (χ1) is 14.8. The molecular weight excluding hydrogens is 400 g/mol. The molecule has 0 fully saturated rings. The number of hydrogen-bond donors (Lipinski definition) is 0. The zero-order valence-electron chi connectivity index (χ0n) is 18.0. The first-order valence-corrected chi connectivity index (χ1v) is 10.3. The number of carbonyl (C=O) groups excluding carboxylic acids is 3. The predicted molar refractivity (Wildman–Crippen MR) is 112 cm³/mol. The van der Waals surface area contributed by atoms with E-state index in [4.69, 9.17) is 18.9 Å². The Morgan fingerprint density at radius 2 is 1.58 bits per heavy atom. The topological polar surface area (TPSA) is 88.1 Å². The Bertz CT molecular complexity index is 949. The number of carbonyl (C=O) groups is 3. The van der Waals surface area contributed by atoms with Crippen LogP contribution in [0.3, 0.4) is 0 Å². The fraction of sp³-hybridized carbons (Fsp3) is 0.375. The highest BCUT2D eigenvalue weighted by Gasteiger charge is 2.62. The highest BCUT2D eigenvalue weighted by atomic mass is 16.6. The van der Waals surface area contributed by atoms with Gasteiger partial charge in [-0.05, 0) is 39.8 Å². The zero-order chi connectivity index (χ0) is 22.6. The standard InChI is InChI=1S/C24H26O7/c1-5-28-22(26)20(23(27)29-6-2)24(16-10-8-7-9-11-16)21(25)18-13-12-17(30-15(3)4)14-19(18)31-24/h7-15,20H,5-6H2,1-4H3. The molecule has 0 saturated carbocycles. The third kappa shape index (κ3) is 4.13. The second-order valence-corrected chi connectivity index (χ2v) is 7.29. The predicted octanol–water partition coefficient (Wildman–Crippen LogP) is 3.69. The van der Waals surface area contributed by atoms with Crippen LogP contribution in [0.15, 0.2) is 48.5 Å². The smallest absolute Gasteiger partial charge is 0.325 e. The van der Waals surface area contributed by atoms with Crippen LogP contribution in [-0.2, 0) is 24.7 Å². The second-order valence-electron chi connectivity index (χ2n) is 7.29. The molecule has 164 valence electrons. The number of benzene rings is 2. The van der Waals surface area contributed by atoms with E-state index < -0.39 is 29.2 Å². The van der Waals surface area contributed by atoms with Crippen LogP contribution >= 0.6 is 0 Å². The lowest BCUT2D eigenvalue weighted by molar-refractivity contribution is -0.170. The van der Waals surface area contributed by atoms with Gasteiger partial charge in [-0.2, -0.15) is 0 Å². The molecule has 0 aromatic heterocycles. The third-order valence-corrected chi connectivity index (χ3v) is 4.83. The minimum absolute atomic E-state index is 0.0348. The summed E-state index contributed by atoms with van der Waals surface area (Å²) >= 11 is 0. The molecular formula is C24H26O7. The average molecular weight is 426 g/mol. The molecule has 0 amide bonds. The van der Waals surface area contributed by atoms with Crippen molar-refractivity contribution in [3.8, 4) is 11.5 Å². The lowest BCUT2D eigenvalue weighted by Gasteiger charge is -2.32. The monoisotopic (exact) mass is 426 g/mol. The van der Waals surface area contributed by atoms with E-state index in [9.17, 15) is 14.4 Å². The quantitative estimate of drug-likeness (QED) is 0.470. The summed E-state index contributed by atoms with van der Waals surface area (Å²) in [6, 6.07) is 13.3. The molecule has 1 atom stereocenters. The Labute approximate surface area is 181 Å². The van der Waals surface area contributed by atoms with Gasteiger partial charge in [0.2, 0.25) is 17.3 Å². The summed E-state index contributed by atoms with van der Waals surface area (Å²) in [4.78, 5) is 39.6. The second kappa shape index (κ2) is 9.20. The molecule has 1 aliphatic rings. The number of ether oxygens (including phenoxy) is 4. The molecule has 0 bridgehead atoms. The zero-order valence-corrected chi connectivity index (χ0v) is 18.0. The number of esters is 2. The van der Waals surface area contributed by atoms with Crippen molar-refractivity contribution < 1.29 is 33.3 Å². The summed E-state index contributed by atoms with van der Waals surface area (Å²) in [6.07, 6.45) is -0.0825. The van der Waals surface area contributed by atoms with Crippen molar-refractivity contribution in [1.29, 1.82) is 0 Å². The van der Waals surface area contributed by atoms with Gasteiger partial charge in [-0.25, -0.2) is 0 Å². The van der Waals surface area contributed by atoms with Gasteiger partial charge in [-0.15, -0.1) is 0 Å². The van der Waals surface area contributed by atoms with Crippen molar-refractivity contribution in [2.75, 3.05) is 13.2 Å². The number of Topliss-reactive ketones (excluding diaryl/α,β-unsaturated/α-hetero) is 1. The Morgan fingerprint density at radius 3 is 2.13 bits per heavy atom. The SMILES string of the molecule is CCOC(=O)C(C(=O)OCC)C1(c2ccccc2)Oc2cc(OC(C)C)ccc2C1=O. The molecule has 1 heterocycles. The summed E-state index contributed by atoms with van der Waals surface area (Å²) in [6.45, 7) is 7.07. The minimum atomic E-state index is -1.95. The van der Waals surface area contributed by atoms with E-state index in [1.54, 1.807) is 62.4 Å². The van der Waals surface area contributed by atoms with Gasteiger partial charge < -0.3 is 18.9 Å². The normalized spacial score (nSPS) is 17.3. The number of ketones is 1. The number of rotatable bonds is 8. The Hall–Kier alpha value is -3.35. The molecule has 2 aromatic carbocycles. The van der Waals surface area contributed by atoms with Crippen LogP contribution in [0.25, 0.3) is 0 Å². The third-order valence-electron chi connectivity index (χ3n) is 4.83. The van der Waals surface area contributed by atoms with Crippen molar-refractivity contribution >= 4 is 17.7 Å². The van der Waals surface area contributed by atoms with E-state index in [2.05, 4.69) is 0 Å². The summed E-state index contributed by atoms with van der Waals surface area (Å²) < 4.78 is 22.2. The molecule has 3 rings (SSSR count). The van der Waals surface area contributed by atoms with Gasteiger partial charge in [0.05, 0.1) is 24.9 Å². The van der Waals surface area contributed by atoms with E-state index >= 15 is 0 Å². The van der Waals surface area contributed by atoms with Crippen LogP contribution in [-0.4, -0.2) is 37.0 Å². The van der Waals surface area contributed by atoms with Gasteiger partial charge in [0, 0.05) is 11.6 Å². The molecule has 0 N–H and O–H groups in total. The first-order valence-electron chi connectivity index (χ1n) is 10.3. The highest BCUT2D eigenvalue weighted by molar-refractivity contribution is 6.14. The maximum atomic E-state index is 13.7. The maximum Gasteiger partial charge on any atom is 0.325 e. The van der Waals surface area contributed by atoms with Crippen LogP contribution in [0.1, 0.15) is 43.6 Å². The van der Waals surface area contributed by atoms with Crippen molar-refractivity contribution in [3.63, 3.8) is 0 Å². The van der Waals surface area contributed by atoms with Crippen LogP contribution in [0, 0.1) is 5.92 Å². The van der Waals surface area contributed by atoms with E-state index in [0.717, 1.165) is 0 Å². The van der Waals surface area contributed by atoms with Crippen LogP contribution in [0.4, 0.5) is 0 Å². The van der Waals surface area contributed by atoms with E-state index in [0.29, 0.717) is 11.3 Å². The number of hydrogen-bond acceptors (Lipinski definition) is 7. The molecule has 0 radical (unpaired) electrons. The van der Waals surface area contributed by atoms with Crippen molar-refractivity contribution in [2.24, 2.45) is 5.92 Å². The van der Waals surface area contributed by atoms with Crippen molar-refractivity contribution in [1.82, 2.24) is 0 Å². The lowest BCUT2D eigenvalue weighted by atomic mass is 9.77. The van der Waals surface area contributed by atoms with Crippen molar-refractivity contribution in [2.45, 2.75) is 39.4 Å². The van der Waals surface area contributed by atoms with Gasteiger partial charge in [0.15, 0.2) is 0 Å². The fourth-order valence-electron chi connectivity index (χ4n) is 3.65. The minimum Gasteiger partial charge on any atom is -0.491 e. The van der Waals surface area contributed by atoms with E-state index in [1.807, 2.05) is 13.8 Å². The van der Waals surface area contributed by atoms with Gasteiger partial charge in [-0.1, -0.05) is 30.3 Å². The number of fused-ring (bicyclic) bond motifs is 1. The molecule has 7 nitrogen and oxygen atoms in total. The summed E-state index contributed by atoms with van der Waals surface area (Å²) in [5, 5.41) is 0. The van der Waals surface area contributed by atoms with Crippen LogP contribution in [0.2, 0.25) is 0 Å². The molecule has 1 unspecified atom stereocenters. The molecule has 0 saturated heterocycles. The molecule has 0 aliphatic carbocycles. The summed E-state index contributed by atoms with van der Waals surface area (Å²) in [5.74, 6) is -3.19. The molecule has 2 aromatic rings. The molecule has 31 heavy (non-hydrogen) atoms. The van der Waals surface area contributed by atoms with Gasteiger partial charge in [-0.3, -0.25) is 14.4 Å². The molecule has 1 aliphatic heterocycles. The largest absolute Gasteiger partial charge is 0.491 e. The maximum absolute atomic E-state index is 13.7. The van der Waals surface area contributed by atoms with Crippen LogP contribution in [0.5, 0.6) is 11.5 Å². The first kappa shape index (κ1) is 22.3. The Kier molecular flexibility index (Phi) is 6.63. The summed E-state index contributed by atoms with van der Waals surface area (Å²) in [7, 11) is 0. The molecule has 7 heteroatoms. The van der Waals surface area contributed by atoms with Gasteiger partial charge in [0.1, 0.15) is 11.5 Å². The average Bonchev–Trinajstić information content (AvgIpc) is 3.01. The van der Waals surface area contributed by atoms with E-state index in [1.165, 1.54) is 0 Å². The fourth-order valence-corrected chi connectivity index (χ4v) is 3.65. The van der Waals surface area contributed by atoms with E-state index in [-0.39, 0.29) is 30.6 Å². The lowest BCUT2D eigenvalue weighted by Crippen LogP contribution is -2.52. The van der Waals surface area contributed by atoms with Crippen molar-refractivity contribution in [3.05, 3.63) is 59.7 Å². The van der Waals surface area contributed by atoms with Gasteiger partial charge >= 0.3 is 11.9 Å². The molecule has 0 spiro atoms.